The molecule has 0 saturated heterocycles. The number of aldehydes is 2. The molecule has 2 aromatic heterocycles. The molecule has 1 atom stereocenters. The normalized spacial score (nSPS) is 12.0. The number of likely N-dealkylation sites (N-methyl/N-ethyl adjacent to an activating group) is 1. The fraction of sp³-hybridized carbons (Fsp3) is 0.318. The maximum Gasteiger partial charge on any atom is 0.305 e. The number of anilines is 2. The van der Waals surface area contributed by atoms with Crippen LogP contribution in [0.1, 0.15) is 26.5 Å². The van der Waals surface area contributed by atoms with Crippen molar-refractivity contribution in [3.05, 3.63) is 48.0 Å². The van der Waals surface area contributed by atoms with Crippen LogP contribution in [0, 0.1) is 0 Å². The molecule has 0 aliphatic heterocycles. The van der Waals surface area contributed by atoms with Crippen LogP contribution in [0.2, 0.25) is 0 Å². The van der Waals surface area contributed by atoms with Crippen LogP contribution in [0.25, 0.3) is 11.2 Å². The number of nitrogen functional groups attached to an aromatic ring is 2. The van der Waals surface area contributed by atoms with Crippen molar-refractivity contribution in [2.75, 3.05) is 25.6 Å². The number of hydrogen-bond acceptors (Lipinski definition) is 11. The molecule has 0 aromatic carbocycles. The van der Waals surface area contributed by atoms with Crippen molar-refractivity contribution in [2.24, 2.45) is 0 Å². The van der Waals surface area contributed by atoms with Gasteiger partial charge in [-0.15, -0.1) is 0 Å². The summed E-state index contributed by atoms with van der Waals surface area (Å²) in [5.74, 6) is -0.703. The Morgan fingerprint density at radius 2 is 1.94 bits per heavy atom. The first-order chi connectivity index (χ1) is 15.6. The molecule has 0 amide bonds. The Morgan fingerprint density at radius 3 is 2.44 bits per heavy atom. The number of nitrogens with two attached hydrogens (primary N) is 2. The largest absolute Gasteiger partial charge is 0.481 e. The van der Waals surface area contributed by atoms with Crippen molar-refractivity contribution < 1.29 is 19.5 Å². The van der Waals surface area contributed by atoms with Gasteiger partial charge in [-0.25, -0.2) is 9.97 Å². The molecule has 0 aliphatic rings. The molecular weight excluding hydrogens is 440 g/mol. The first-order valence-corrected chi connectivity index (χ1v) is 9.71. The molecule has 12 heteroatoms. The molecule has 0 aliphatic carbocycles. The number of carbonyl (C=O) groups excluding carboxylic acids is 2. The number of aliphatic carboxylic acids is 1. The Balaban J connectivity index is 0.000000931. The highest BCUT2D eigenvalue weighted by molar-refractivity contribution is 5.81. The van der Waals surface area contributed by atoms with Gasteiger partial charge in [0.05, 0.1) is 30.9 Å². The van der Waals surface area contributed by atoms with Gasteiger partial charge in [0.2, 0.25) is 5.95 Å². The van der Waals surface area contributed by atoms with E-state index in [1.807, 2.05) is 24.9 Å². The van der Waals surface area contributed by atoms with Gasteiger partial charge < -0.3 is 31.6 Å². The molecule has 12 nitrogen and oxygen atoms in total. The van der Waals surface area contributed by atoms with E-state index in [0.29, 0.717) is 35.3 Å². The van der Waals surface area contributed by atoms with Gasteiger partial charge in [-0.1, -0.05) is 26.2 Å². The zero-order valence-electron chi connectivity index (χ0n) is 18.7. The van der Waals surface area contributed by atoms with Gasteiger partial charge in [0.1, 0.15) is 12.6 Å². The van der Waals surface area contributed by atoms with Crippen molar-refractivity contribution in [1.29, 1.82) is 0 Å². The summed E-state index contributed by atoms with van der Waals surface area (Å²) in [6.07, 6.45) is 7.83. The lowest BCUT2D eigenvalue weighted by molar-refractivity contribution is -0.138. The molecule has 184 valence electrons. The van der Waals surface area contributed by atoms with E-state index in [2.05, 4.69) is 31.8 Å². The van der Waals surface area contributed by atoms with E-state index in [-0.39, 0.29) is 25.6 Å². The minimum atomic E-state index is -0.971. The van der Waals surface area contributed by atoms with Gasteiger partial charge >= 0.3 is 5.97 Å². The third-order valence-electron chi connectivity index (χ3n) is 4.32. The average molecular weight is 473 g/mol. The van der Waals surface area contributed by atoms with Gasteiger partial charge in [0.15, 0.2) is 17.0 Å². The van der Waals surface area contributed by atoms with Crippen LogP contribution in [0.4, 0.5) is 11.8 Å². The monoisotopic (exact) mass is 472 g/mol. The number of aromatic nitrogens is 4. The van der Waals surface area contributed by atoms with Gasteiger partial charge in [0.25, 0.3) is 0 Å². The van der Waals surface area contributed by atoms with E-state index in [4.69, 9.17) is 16.6 Å². The van der Waals surface area contributed by atoms with Crippen molar-refractivity contribution in [3.63, 3.8) is 0 Å². The summed E-state index contributed by atoms with van der Waals surface area (Å²) in [6.45, 7) is 6.01. The van der Waals surface area contributed by atoms with E-state index in [1.165, 1.54) is 6.08 Å². The molecule has 0 saturated carbocycles. The summed E-state index contributed by atoms with van der Waals surface area (Å²) < 4.78 is 0. The van der Waals surface area contributed by atoms with Crippen LogP contribution in [-0.4, -0.2) is 68.6 Å². The highest BCUT2D eigenvalue weighted by Crippen LogP contribution is 2.16. The first-order valence-electron chi connectivity index (χ1n) is 9.71. The van der Waals surface area contributed by atoms with Gasteiger partial charge in [0, 0.05) is 18.3 Å². The molecule has 1 unspecified atom stereocenters. The molecular formula is C22H32N8O4. The lowest BCUT2D eigenvalue weighted by Crippen LogP contribution is -2.29. The first kappa shape index (κ1) is 29.8. The molecule has 0 bridgehead atoms. The Bertz CT molecular complexity index is 1060. The second-order valence-corrected chi connectivity index (χ2v) is 6.78. The number of carbonyl (C=O) groups is 3. The third-order valence-corrected chi connectivity index (χ3v) is 4.32. The highest BCUT2D eigenvalue weighted by Gasteiger charge is 2.09. The number of allylic oxidation sites excluding steroid dienone is 5. The molecule has 34 heavy (non-hydrogen) atoms. The molecule has 0 radical (unpaired) electrons. The van der Waals surface area contributed by atoms with Crippen molar-refractivity contribution in [1.82, 2.24) is 30.2 Å². The maximum atomic E-state index is 10.8. The number of nitrogens with one attached hydrogen (secondary N) is 1. The lowest BCUT2D eigenvalue weighted by Gasteiger charge is -2.19. The predicted octanol–water partition coefficient (Wildman–Crippen LogP) is 1.12. The van der Waals surface area contributed by atoms with Crippen LogP contribution >= 0.6 is 0 Å². The molecule has 0 fully saturated rings. The van der Waals surface area contributed by atoms with Crippen LogP contribution in [-0.2, 0) is 20.9 Å². The van der Waals surface area contributed by atoms with Crippen LogP contribution in [0.3, 0.4) is 0 Å². The molecule has 2 rings (SSSR count). The van der Waals surface area contributed by atoms with Gasteiger partial charge in [-0.2, -0.15) is 9.97 Å². The number of rotatable bonds is 10. The number of hydrogen-bond donors (Lipinski definition) is 4. The average Bonchev–Trinajstić information content (AvgIpc) is 2.78. The zero-order valence-corrected chi connectivity index (χ0v) is 18.7. The molecule has 6 N–H and O–H groups in total. The van der Waals surface area contributed by atoms with Gasteiger partial charge in [-0.05, 0) is 20.0 Å². The number of carboxylic acids is 1. The highest BCUT2D eigenvalue weighted by atomic mass is 16.4. The summed E-state index contributed by atoms with van der Waals surface area (Å²) in [4.78, 5) is 49.2. The fourth-order valence-corrected chi connectivity index (χ4v) is 2.33. The quantitative estimate of drug-likeness (QED) is 0.219. The molecule has 0 spiro atoms. The van der Waals surface area contributed by atoms with E-state index in [9.17, 15) is 14.4 Å². The van der Waals surface area contributed by atoms with Crippen molar-refractivity contribution in [2.45, 2.75) is 33.4 Å². The number of carboxylic acid groups (broad SMARTS) is 1. The minimum Gasteiger partial charge on any atom is -0.481 e. The summed E-state index contributed by atoms with van der Waals surface area (Å²) in [6, 6.07) is -0.553. The van der Waals surface area contributed by atoms with Crippen molar-refractivity contribution in [3.8, 4) is 0 Å². The summed E-state index contributed by atoms with van der Waals surface area (Å²) >= 11 is 0. The summed E-state index contributed by atoms with van der Waals surface area (Å²) in [5.41, 5.74) is 14.3. The predicted molar refractivity (Wildman–Crippen MR) is 131 cm³/mol. The van der Waals surface area contributed by atoms with E-state index in [1.54, 1.807) is 19.3 Å². The standard InChI is InChI=1S/C16H19N7O.C5H9NO3.CH4/c1-4-11(9-24)6-5-10(2)23(3)8-12-7-19-15-13(20-12)14(17)21-16(18)22-15;1-6-4(3-7)2-5(8)9;/h4-7,9H,1,8H2,2-3H3,(H4,17,18,19,21,22);3-4,6H,2H2,1H3,(H,8,9);1H4/b10-5+,11-6+;;. The molecule has 2 aromatic rings. The fourth-order valence-electron chi connectivity index (χ4n) is 2.33. The topological polar surface area (TPSA) is 190 Å². The smallest absolute Gasteiger partial charge is 0.305 e. The van der Waals surface area contributed by atoms with Crippen LogP contribution in [0.5, 0.6) is 0 Å². The third kappa shape index (κ3) is 9.53. The SMILES string of the molecule is C.C=C/C(C=O)=C\C=C(/C)N(C)Cc1cnc2nc(N)nc(N)c2n1.CNC(C=O)CC(=O)O. The second-order valence-electron chi connectivity index (χ2n) is 6.78. The lowest BCUT2D eigenvalue weighted by atomic mass is 10.2. The Labute approximate surface area is 198 Å². The molecule has 2 heterocycles. The Hall–Kier alpha value is -4.19. The second kappa shape index (κ2) is 14.8. The Kier molecular flexibility index (Phi) is 13.0. The van der Waals surface area contributed by atoms with E-state index >= 15 is 0 Å². The number of nitrogens with zero attached hydrogens (tertiary/aromatic N) is 5. The van der Waals surface area contributed by atoms with E-state index in [0.717, 1.165) is 12.0 Å². The van der Waals surface area contributed by atoms with Crippen molar-refractivity contribution >= 4 is 41.5 Å². The Morgan fingerprint density at radius 1 is 1.26 bits per heavy atom. The van der Waals surface area contributed by atoms with E-state index < -0.39 is 12.0 Å². The van der Waals surface area contributed by atoms with Gasteiger partial charge in [-0.3, -0.25) is 9.59 Å². The number of fused-ring (bicyclic) bond motifs is 1. The summed E-state index contributed by atoms with van der Waals surface area (Å²) in [5, 5.41) is 10.7. The maximum absolute atomic E-state index is 10.8. The van der Waals surface area contributed by atoms with Crippen LogP contribution in [0.15, 0.2) is 42.3 Å². The van der Waals surface area contributed by atoms with Crippen LogP contribution < -0.4 is 16.8 Å². The summed E-state index contributed by atoms with van der Waals surface area (Å²) in [7, 11) is 3.45. The zero-order chi connectivity index (χ0) is 25.0. The minimum absolute atomic E-state index is 0.